The zero-order valence-corrected chi connectivity index (χ0v) is 17.9. The molecule has 31 heavy (non-hydrogen) atoms. The zero-order valence-electron chi connectivity index (χ0n) is 16.3. The molecule has 1 aromatic heterocycles. The van der Waals surface area contributed by atoms with Crippen molar-refractivity contribution < 1.29 is 13.5 Å². The Hall–Kier alpha value is -2.75. The molecule has 0 atom stereocenters. The smallest absolute Gasteiger partial charge is 0.274 e. The van der Waals surface area contributed by atoms with E-state index in [1.807, 2.05) is 12.1 Å². The maximum Gasteiger partial charge on any atom is 0.274 e. The molecule has 10 heteroatoms. The summed E-state index contributed by atoms with van der Waals surface area (Å²) in [6.07, 6.45) is 0.291. The Bertz CT molecular complexity index is 1160. The normalized spacial score (nSPS) is 10.9. The minimum atomic E-state index is -0.567. The fourth-order valence-corrected chi connectivity index (χ4v) is 3.89. The second-order valence-electron chi connectivity index (χ2n) is 6.54. The van der Waals surface area contributed by atoms with Gasteiger partial charge in [-0.1, -0.05) is 35.5 Å². The van der Waals surface area contributed by atoms with Gasteiger partial charge < -0.3 is 10.5 Å². The molecule has 162 valence electrons. The maximum atomic E-state index is 13.8. The van der Waals surface area contributed by atoms with Crippen molar-refractivity contribution in [3.63, 3.8) is 0 Å². The summed E-state index contributed by atoms with van der Waals surface area (Å²) in [5.74, 6) is -1.28. The van der Waals surface area contributed by atoms with E-state index in [0.29, 0.717) is 23.7 Å². The van der Waals surface area contributed by atoms with Crippen LogP contribution in [-0.2, 0) is 23.5 Å². The second kappa shape index (κ2) is 10.5. The third kappa shape index (κ3) is 6.36. The summed E-state index contributed by atoms with van der Waals surface area (Å²) >= 11 is 6.89. The van der Waals surface area contributed by atoms with Gasteiger partial charge in [-0.2, -0.15) is 4.98 Å². The van der Waals surface area contributed by atoms with Gasteiger partial charge in [0.15, 0.2) is 5.17 Å². The van der Waals surface area contributed by atoms with Crippen LogP contribution in [0.1, 0.15) is 16.8 Å². The lowest BCUT2D eigenvalue weighted by atomic mass is 10.2. The fraction of sp³-hybridized carbons (Fsp3) is 0.190. The SMILES string of the molecule is N=C(SCc1cc(F)ccc1F)n1c(CCOCc2cccc(Cl)c2)cc(=O)nc1N. The van der Waals surface area contributed by atoms with E-state index in [2.05, 4.69) is 4.98 Å². The highest BCUT2D eigenvalue weighted by Gasteiger charge is 2.14. The highest BCUT2D eigenvalue weighted by Crippen LogP contribution is 2.20. The largest absolute Gasteiger partial charge is 0.376 e. The van der Waals surface area contributed by atoms with Gasteiger partial charge in [-0.3, -0.25) is 14.8 Å². The van der Waals surface area contributed by atoms with Crippen LogP contribution in [-0.4, -0.2) is 21.3 Å². The quantitative estimate of drug-likeness (QED) is 0.310. The van der Waals surface area contributed by atoms with E-state index in [1.54, 1.807) is 12.1 Å². The monoisotopic (exact) mass is 464 g/mol. The average molecular weight is 465 g/mol. The molecule has 0 unspecified atom stereocenters. The van der Waals surface area contributed by atoms with Crippen LogP contribution in [0.3, 0.4) is 0 Å². The minimum absolute atomic E-state index is 0.0126. The molecule has 1 heterocycles. The van der Waals surface area contributed by atoms with Crippen molar-refractivity contribution in [2.45, 2.75) is 18.8 Å². The first-order valence-corrected chi connectivity index (χ1v) is 10.6. The van der Waals surface area contributed by atoms with Gasteiger partial charge in [0.05, 0.1) is 13.2 Å². The van der Waals surface area contributed by atoms with Gasteiger partial charge in [0.1, 0.15) is 11.6 Å². The maximum absolute atomic E-state index is 13.8. The molecule has 3 aromatic rings. The van der Waals surface area contributed by atoms with Crippen molar-refractivity contribution in [3.05, 3.63) is 92.4 Å². The number of nitrogens with two attached hydrogens (primary N) is 1. The van der Waals surface area contributed by atoms with Crippen LogP contribution in [0.15, 0.2) is 53.3 Å². The minimum Gasteiger partial charge on any atom is -0.376 e. The number of halogens is 3. The molecule has 0 amide bonds. The number of nitrogen functional groups attached to an aromatic ring is 1. The third-order valence-electron chi connectivity index (χ3n) is 4.27. The molecule has 0 spiro atoms. The molecule has 0 bridgehead atoms. The van der Waals surface area contributed by atoms with Crippen molar-refractivity contribution in [2.24, 2.45) is 0 Å². The molecule has 0 radical (unpaired) electrons. The Balaban J connectivity index is 1.67. The fourth-order valence-electron chi connectivity index (χ4n) is 2.83. The molecular formula is C21H19ClF2N4O2S. The Morgan fingerprint density at radius 1 is 1.23 bits per heavy atom. The van der Waals surface area contributed by atoms with Crippen LogP contribution in [0, 0.1) is 17.0 Å². The standard InChI is InChI=1S/C21H19ClF2N4O2S/c22-15-3-1-2-13(8-15)11-30-7-6-17-10-19(29)27-20(25)28(17)21(26)31-12-14-9-16(23)4-5-18(14)24/h1-5,8-10,26H,6-7,11-12H2,(H2,25,27,29). The first-order valence-electron chi connectivity index (χ1n) is 9.20. The van der Waals surface area contributed by atoms with Gasteiger partial charge in [-0.15, -0.1) is 0 Å². The van der Waals surface area contributed by atoms with E-state index in [9.17, 15) is 13.6 Å². The summed E-state index contributed by atoms with van der Waals surface area (Å²) < 4.78 is 34.2. The van der Waals surface area contributed by atoms with Crippen LogP contribution in [0.2, 0.25) is 5.02 Å². The summed E-state index contributed by atoms with van der Waals surface area (Å²) in [4.78, 5) is 15.5. The van der Waals surface area contributed by atoms with Crippen molar-refractivity contribution in [3.8, 4) is 0 Å². The number of rotatable bonds is 7. The van der Waals surface area contributed by atoms with E-state index in [0.717, 1.165) is 35.5 Å². The number of nitrogens with zero attached hydrogens (tertiary/aromatic N) is 2. The molecule has 3 N–H and O–H groups in total. The number of thioether (sulfide) groups is 1. The lowest BCUT2D eigenvalue weighted by Crippen LogP contribution is -2.24. The van der Waals surface area contributed by atoms with Gasteiger partial charge in [-0.25, -0.2) is 8.78 Å². The van der Waals surface area contributed by atoms with Gasteiger partial charge in [0.25, 0.3) is 5.56 Å². The summed E-state index contributed by atoms with van der Waals surface area (Å²) in [7, 11) is 0. The van der Waals surface area contributed by atoms with Crippen LogP contribution in [0.4, 0.5) is 14.7 Å². The molecule has 0 aliphatic heterocycles. The molecule has 2 aromatic carbocycles. The van der Waals surface area contributed by atoms with Crippen LogP contribution in [0.5, 0.6) is 0 Å². The molecule has 0 saturated carbocycles. The summed E-state index contributed by atoms with van der Waals surface area (Å²) in [5, 5.41) is 8.86. The molecule has 6 nitrogen and oxygen atoms in total. The Morgan fingerprint density at radius 2 is 2.03 bits per heavy atom. The van der Waals surface area contributed by atoms with Gasteiger partial charge in [0.2, 0.25) is 5.95 Å². The zero-order chi connectivity index (χ0) is 22.4. The lowest BCUT2D eigenvalue weighted by Gasteiger charge is -2.16. The molecular weight excluding hydrogens is 446 g/mol. The number of nitrogens with one attached hydrogen (secondary N) is 1. The Morgan fingerprint density at radius 3 is 2.81 bits per heavy atom. The van der Waals surface area contributed by atoms with Crippen LogP contribution in [0.25, 0.3) is 0 Å². The summed E-state index contributed by atoms with van der Waals surface area (Å²) in [6, 6.07) is 11.7. The molecule has 0 fully saturated rings. The van der Waals surface area contributed by atoms with Gasteiger partial charge in [-0.05, 0) is 35.9 Å². The molecule has 0 aliphatic carbocycles. The van der Waals surface area contributed by atoms with E-state index >= 15 is 0 Å². The van der Waals surface area contributed by atoms with Crippen molar-refractivity contribution >= 4 is 34.5 Å². The van der Waals surface area contributed by atoms with E-state index < -0.39 is 17.2 Å². The van der Waals surface area contributed by atoms with Crippen molar-refractivity contribution in [2.75, 3.05) is 12.3 Å². The number of anilines is 1. The first kappa shape index (κ1) is 22.9. The first-order chi connectivity index (χ1) is 14.8. The number of ether oxygens (including phenoxy) is 1. The van der Waals surface area contributed by atoms with E-state index in [4.69, 9.17) is 27.5 Å². The second-order valence-corrected chi connectivity index (χ2v) is 7.94. The number of aromatic nitrogens is 2. The topological polar surface area (TPSA) is 94.0 Å². The third-order valence-corrected chi connectivity index (χ3v) is 5.41. The van der Waals surface area contributed by atoms with Crippen molar-refractivity contribution in [1.29, 1.82) is 5.41 Å². The summed E-state index contributed by atoms with van der Waals surface area (Å²) in [5.41, 5.74) is 6.78. The Labute approximate surface area is 186 Å². The van der Waals surface area contributed by atoms with Gasteiger partial charge in [0, 0.05) is 34.5 Å². The molecule has 3 rings (SSSR count). The van der Waals surface area contributed by atoms with Gasteiger partial charge >= 0.3 is 0 Å². The van der Waals surface area contributed by atoms with Crippen molar-refractivity contribution in [1.82, 2.24) is 9.55 Å². The predicted molar refractivity (Wildman–Crippen MR) is 118 cm³/mol. The Kier molecular flexibility index (Phi) is 7.78. The molecule has 0 aliphatic rings. The van der Waals surface area contributed by atoms with E-state index in [-0.39, 0.29) is 29.0 Å². The average Bonchev–Trinajstić information content (AvgIpc) is 2.71. The molecule has 0 saturated heterocycles. The van der Waals surface area contributed by atoms with Crippen LogP contribution < -0.4 is 11.3 Å². The number of hydrogen-bond donors (Lipinski definition) is 2. The lowest BCUT2D eigenvalue weighted by molar-refractivity contribution is 0.123. The number of benzene rings is 2. The summed E-state index contributed by atoms with van der Waals surface area (Å²) in [6.45, 7) is 0.586. The highest BCUT2D eigenvalue weighted by atomic mass is 35.5. The number of hydrogen-bond acceptors (Lipinski definition) is 6. The highest BCUT2D eigenvalue weighted by molar-refractivity contribution is 8.13. The van der Waals surface area contributed by atoms with E-state index in [1.165, 1.54) is 10.6 Å². The van der Waals surface area contributed by atoms with Crippen LogP contribution >= 0.6 is 23.4 Å². The predicted octanol–water partition coefficient (Wildman–Crippen LogP) is 4.23.